The minimum atomic E-state index is -6.11. The van der Waals surface area contributed by atoms with Crippen LogP contribution in [0.3, 0.4) is 0 Å². The molecule has 0 aromatic heterocycles. The zero-order valence-electron chi connectivity index (χ0n) is 10.6. The van der Waals surface area contributed by atoms with E-state index in [4.69, 9.17) is 10.4 Å². The average molecular weight is 343 g/mol. The van der Waals surface area contributed by atoms with Gasteiger partial charge in [0.05, 0.1) is 16.0 Å². The Morgan fingerprint density at radius 1 is 1.23 bits per heavy atom. The molecular weight excluding hydrogens is 337 g/mol. The zero-order chi connectivity index (χ0) is 17.5. The Morgan fingerprint density at radius 2 is 1.73 bits per heavy atom. The standard InChI is InChI=1S/C11H6F5NO4S/c1-22(20,21)8-3-6(9(18)19)7(2-5(8)4-17)10(12,13)11(14,15)16/h2-3H,1H3,(H,18,19). The van der Waals surface area contributed by atoms with E-state index >= 15 is 0 Å². The van der Waals surface area contributed by atoms with E-state index in [9.17, 15) is 35.2 Å². The molecule has 0 radical (unpaired) electrons. The first-order chi connectivity index (χ1) is 9.73. The van der Waals surface area contributed by atoms with Crippen LogP contribution in [0.25, 0.3) is 0 Å². The molecule has 0 saturated carbocycles. The van der Waals surface area contributed by atoms with Crippen molar-refractivity contribution in [3.63, 3.8) is 0 Å². The van der Waals surface area contributed by atoms with Gasteiger partial charge in [0, 0.05) is 11.8 Å². The topological polar surface area (TPSA) is 95.2 Å². The molecule has 0 amide bonds. The zero-order valence-corrected chi connectivity index (χ0v) is 11.4. The fraction of sp³-hybridized carbons (Fsp3) is 0.273. The van der Waals surface area contributed by atoms with E-state index in [1.54, 1.807) is 0 Å². The van der Waals surface area contributed by atoms with Crippen LogP contribution in [0.4, 0.5) is 22.0 Å². The summed E-state index contributed by atoms with van der Waals surface area (Å²) in [6.45, 7) is 0. The quantitative estimate of drug-likeness (QED) is 0.850. The van der Waals surface area contributed by atoms with Gasteiger partial charge in [-0.05, 0) is 12.1 Å². The van der Waals surface area contributed by atoms with E-state index in [0.29, 0.717) is 6.26 Å². The van der Waals surface area contributed by atoms with Gasteiger partial charge in [-0.2, -0.15) is 27.2 Å². The van der Waals surface area contributed by atoms with Crippen molar-refractivity contribution >= 4 is 15.8 Å². The fourth-order valence-corrected chi connectivity index (χ4v) is 2.40. The van der Waals surface area contributed by atoms with Crippen LogP contribution in [0.15, 0.2) is 17.0 Å². The second-order valence-corrected chi connectivity index (χ2v) is 6.14. The minimum Gasteiger partial charge on any atom is -0.478 e. The summed E-state index contributed by atoms with van der Waals surface area (Å²) in [5.74, 6) is -7.75. The summed E-state index contributed by atoms with van der Waals surface area (Å²) >= 11 is 0. The Kier molecular flexibility index (Phi) is 4.22. The highest BCUT2D eigenvalue weighted by Crippen LogP contribution is 2.45. The number of aromatic carboxylic acids is 1. The SMILES string of the molecule is CS(=O)(=O)c1cc(C(=O)O)c(C(F)(F)C(F)(F)F)cc1C#N. The van der Waals surface area contributed by atoms with E-state index < -0.39 is 49.5 Å². The average Bonchev–Trinajstić information content (AvgIpc) is 2.34. The first-order valence-corrected chi connectivity index (χ1v) is 7.09. The number of benzene rings is 1. The molecule has 0 bridgehead atoms. The van der Waals surface area contributed by atoms with Gasteiger partial charge >= 0.3 is 18.1 Å². The summed E-state index contributed by atoms with van der Waals surface area (Å²) in [4.78, 5) is 9.95. The van der Waals surface area contributed by atoms with Gasteiger partial charge in [-0.1, -0.05) is 0 Å². The molecule has 0 aliphatic rings. The predicted octanol–water partition coefficient (Wildman–Crippen LogP) is 2.31. The largest absolute Gasteiger partial charge is 0.478 e. The molecule has 22 heavy (non-hydrogen) atoms. The second-order valence-electron chi connectivity index (χ2n) is 4.16. The summed E-state index contributed by atoms with van der Waals surface area (Å²) in [5, 5.41) is 17.5. The molecule has 0 fully saturated rings. The van der Waals surface area contributed by atoms with Crippen molar-refractivity contribution in [2.75, 3.05) is 6.26 Å². The predicted molar refractivity (Wildman–Crippen MR) is 61.2 cm³/mol. The number of sulfone groups is 1. The summed E-state index contributed by atoms with van der Waals surface area (Å²) < 4.78 is 86.7. The number of nitrogens with zero attached hydrogens (tertiary/aromatic N) is 1. The molecule has 0 heterocycles. The third kappa shape index (κ3) is 3.01. The Hall–Kier alpha value is -2.22. The smallest absolute Gasteiger partial charge is 0.458 e. The first-order valence-electron chi connectivity index (χ1n) is 5.20. The Balaban J connectivity index is 3.90. The second kappa shape index (κ2) is 5.20. The van der Waals surface area contributed by atoms with Crippen molar-refractivity contribution < 1.29 is 40.3 Å². The Labute approximate surface area is 120 Å². The first kappa shape index (κ1) is 17.8. The Bertz CT molecular complexity index is 777. The molecule has 11 heteroatoms. The number of carbonyl (C=O) groups is 1. The fourth-order valence-electron chi connectivity index (χ4n) is 1.56. The molecule has 0 aliphatic heterocycles. The number of hydrogen-bond acceptors (Lipinski definition) is 4. The molecule has 0 spiro atoms. The lowest BCUT2D eigenvalue weighted by Gasteiger charge is -2.22. The highest BCUT2D eigenvalue weighted by Gasteiger charge is 2.60. The molecule has 5 nitrogen and oxygen atoms in total. The third-order valence-corrected chi connectivity index (χ3v) is 3.70. The number of alkyl halides is 5. The van der Waals surface area contributed by atoms with Gasteiger partial charge in [-0.3, -0.25) is 0 Å². The lowest BCUT2D eigenvalue weighted by atomic mass is 9.98. The monoisotopic (exact) mass is 343 g/mol. The van der Waals surface area contributed by atoms with E-state index in [1.165, 1.54) is 0 Å². The van der Waals surface area contributed by atoms with E-state index in [2.05, 4.69) is 0 Å². The molecular formula is C11H6F5NO4S. The number of carboxylic acid groups (broad SMARTS) is 1. The van der Waals surface area contributed by atoms with Crippen molar-refractivity contribution in [2.24, 2.45) is 0 Å². The van der Waals surface area contributed by atoms with Crippen LogP contribution in [-0.2, 0) is 15.8 Å². The van der Waals surface area contributed by atoms with Gasteiger partial charge in [0.25, 0.3) is 0 Å². The number of nitriles is 1. The summed E-state index contributed by atoms with van der Waals surface area (Å²) in [6.07, 6.45) is -5.56. The molecule has 0 atom stereocenters. The highest BCUT2D eigenvalue weighted by molar-refractivity contribution is 7.90. The summed E-state index contributed by atoms with van der Waals surface area (Å²) in [7, 11) is -4.21. The Morgan fingerprint density at radius 3 is 2.05 bits per heavy atom. The summed E-state index contributed by atoms with van der Waals surface area (Å²) in [6, 6.07) is 1.20. The van der Waals surface area contributed by atoms with Gasteiger partial charge in [0.2, 0.25) is 0 Å². The number of hydrogen-bond donors (Lipinski definition) is 1. The van der Waals surface area contributed by atoms with Gasteiger partial charge in [-0.15, -0.1) is 0 Å². The number of halogens is 5. The van der Waals surface area contributed by atoms with Gasteiger partial charge in [-0.25, -0.2) is 13.2 Å². The van der Waals surface area contributed by atoms with Crippen LogP contribution in [-0.4, -0.2) is 31.9 Å². The van der Waals surface area contributed by atoms with Gasteiger partial charge in [0.1, 0.15) is 6.07 Å². The van der Waals surface area contributed by atoms with Crippen LogP contribution >= 0.6 is 0 Å². The van der Waals surface area contributed by atoms with Crippen molar-refractivity contribution in [3.8, 4) is 6.07 Å². The lowest BCUT2D eigenvalue weighted by Crippen LogP contribution is -2.35. The molecule has 1 aromatic rings. The van der Waals surface area contributed by atoms with Crippen LogP contribution < -0.4 is 0 Å². The van der Waals surface area contributed by atoms with E-state index in [0.717, 1.165) is 6.07 Å². The van der Waals surface area contributed by atoms with Crippen molar-refractivity contribution in [2.45, 2.75) is 17.0 Å². The van der Waals surface area contributed by atoms with E-state index in [1.807, 2.05) is 0 Å². The van der Waals surface area contributed by atoms with Crippen LogP contribution in [0, 0.1) is 11.3 Å². The van der Waals surface area contributed by atoms with Gasteiger partial charge < -0.3 is 5.11 Å². The van der Waals surface area contributed by atoms with Crippen molar-refractivity contribution in [1.29, 1.82) is 5.26 Å². The van der Waals surface area contributed by atoms with Gasteiger partial charge in [0.15, 0.2) is 9.84 Å². The van der Waals surface area contributed by atoms with Crippen LogP contribution in [0.1, 0.15) is 21.5 Å². The molecule has 0 aliphatic carbocycles. The molecule has 1 rings (SSSR count). The summed E-state index contributed by atoms with van der Waals surface area (Å²) in [5.41, 5.74) is -4.57. The third-order valence-electron chi connectivity index (χ3n) is 2.56. The van der Waals surface area contributed by atoms with Crippen LogP contribution in [0.2, 0.25) is 0 Å². The van der Waals surface area contributed by atoms with Crippen molar-refractivity contribution in [1.82, 2.24) is 0 Å². The van der Waals surface area contributed by atoms with Crippen molar-refractivity contribution in [3.05, 3.63) is 28.8 Å². The molecule has 120 valence electrons. The lowest BCUT2D eigenvalue weighted by molar-refractivity contribution is -0.289. The number of rotatable bonds is 3. The minimum absolute atomic E-state index is 0.0761. The maximum Gasteiger partial charge on any atom is 0.458 e. The normalized spacial score (nSPS) is 12.8. The van der Waals surface area contributed by atoms with Crippen LogP contribution in [0.5, 0.6) is 0 Å². The molecule has 0 unspecified atom stereocenters. The highest BCUT2D eigenvalue weighted by atomic mass is 32.2. The molecule has 1 aromatic carbocycles. The van der Waals surface area contributed by atoms with E-state index in [-0.39, 0.29) is 12.1 Å². The molecule has 1 N–H and O–H groups in total. The molecule has 0 saturated heterocycles. The number of carboxylic acids is 1. The maximum absolute atomic E-state index is 13.4. The maximum atomic E-state index is 13.4.